The molecule has 27 heavy (non-hydrogen) atoms. The number of phosphoric ester groups is 1. The van der Waals surface area contributed by atoms with Crippen molar-refractivity contribution in [2.45, 2.75) is 70.8 Å². The van der Waals surface area contributed by atoms with Gasteiger partial charge in [-0.1, -0.05) is 32.1 Å². The standard InChI is InChI=1S/C20H32NO5P/c1-3-16(17-7-5-4-6-8-17)9-10-18-11-12-19(26-18)13-14-20(2,21)15-25-27(22,23)24/h11-12,16-17H,3-8,13-15,21H2,1-2H3,(H2,22,23,24). The van der Waals surface area contributed by atoms with Crippen molar-refractivity contribution >= 4 is 7.82 Å². The molecule has 2 rings (SSSR count). The van der Waals surface area contributed by atoms with Gasteiger partial charge in [0.25, 0.3) is 0 Å². The second kappa shape index (κ2) is 9.91. The molecule has 1 saturated carbocycles. The lowest BCUT2D eigenvalue weighted by atomic mass is 9.79. The number of rotatable bonds is 8. The maximum atomic E-state index is 10.8. The largest absolute Gasteiger partial charge is 0.469 e. The lowest BCUT2D eigenvalue weighted by Crippen LogP contribution is -2.41. The Morgan fingerprint density at radius 1 is 1.37 bits per heavy atom. The number of hydrogen-bond acceptors (Lipinski definition) is 4. The Kier molecular flexibility index (Phi) is 8.15. The second-order valence-electron chi connectivity index (χ2n) is 7.87. The van der Waals surface area contributed by atoms with E-state index in [9.17, 15) is 4.57 Å². The van der Waals surface area contributed by atoms with Gasteiger partial charge in [0.15, 0.2) is 5.76 Å². The molecule has 1 aliphatic rings. The van der Waals surface area contributed by atoms with E-state index in [1.165, 1.54) is 32.1 Å². The molecular formula is C20H32NO5P. The van der Waals surface area contributed by atoms with Gasteiger partial charge in [-0.25, -0.2) is 4.57 Å². The first kappa shape index (κ1) is 22.2. The first-order valence-corrected chi connectivity index (χ1v) is 11.3. The monoisotopic (exact) mass is 397 g/mol. The molecule has 2 atom stereocenters. The summed E-state index contributed by atoms with van der Waals surface area (Å²) in [5.74, 6) is 9.13. The van der Waals surface area contributed by atoms with Crippen LogP contribution in [-0.4, -0.2) is 21.9 Å². The van der Waals surface area contributed by atoms with Crippen LogP contribution < -0.4 is 5.73 Å². The van der Waals surface area contributed by atoms with E-state index in [1.54, 1.807) is 6.92 Å². The van der Waals surface area contributed by atoms with Gasteiger partial charge < -0.3 is 19.9 Å². The molecule has 0 radical (unpaired) electrons. The molecule has 0 aromatic carbocycles. The van der Waals surface area contributed by atoms with Crippen molar-refractivity contribution in [2.24, 2.45) is 17.6 Å². The molecule has 2 unspecified atom stereocenters. The third-order valence-electron chi connectivity index (χ3n) is 5.21. The number of aryl methyl sites for hydroxylation is 1. The predicted octanol–water partition coefficient (Wildman–Crippen LogP) is 4.00. The molecule has 6 nitrogen and oxygen atoms in total. The fraction of sp³-hybridized carbons (Fsp3) is 0.700. The average molecular weight is 397 g/mol. The summed E-state index contributed by atoms with van der Waals surface area (Å²) in [6.45, 7) is 3.68. The molecular weight excluding hydrogens is 365 g/mol. The van der Waals surface area contributed by atoms with Gasteiger partial charge in [0.05, 0.1) is 6.61 Å². The minimum absolute atomic E-state index is 0.218. The molecule has 152 valence electrons. The van der Waals surface area contributed by atoms with Crippen molar-refractivity contribution in [3.63, 3.8) is 0 Å². The van der Waals surface area contributed by atoms with Crippen LogP contribution in [0.2, 0.25) is 0 Å². The summed E-state index contributed by atoms with van der Waals surface area (Å²) in [4.78, 5) is 17.6. The molecule has 0 saturated heterocycles. The van der Waals surface area contributed by atoms with Gasteiger partial charge in [0.2, 0.25) is 0 Å². The SMILES string of the molecule is CCC(C#Cc1ccc(CCC(C)(N)COP(=O)(O)O)o1)C1CCCCC1. The van der Waals surface area contributed by atoms with Gasteiger partial charge in [0, 0.05) is 17.9 Å². The highest BCUT2D eigenvalue weighted by atomic mass is 31.2. The third kappa shape index (κ3) is 8.21. The molecule has 0 spiro atoms. The quantitative estimate of drug-likeness (QED) is 0.452. The highest BCUT2D eigenvalue weighted by Crippen LogP contribution is 2.37. The molecule has 0 amide bonds. The van der Waals surface area contributed by atoms with Gasteiger partial charge in [-0.3, -0.25) is 4.52 Å². The lowest BCUT2D eigenvalue weighted by Gasteiger charge is -2.25. The maximum Gasteiger partial charge on any atom is 0.469 e. The summed E-state index contributed by atoms with van der Waals surface area (Å²) < 4.78 is 21.1. The Balaban J connectivity index is 1.88. The lowest BCUT2D eigenvalue weighted by molar-refractivity contribution is 0.154. The summed E-state index contributed by atoms with van der Waals surface area (Å²) in [5.41, 5.74) is 5.19. The van der Waals surface area contributed by atoms with Crippen molar-refractivity contribution in [2.75, 3.05) is 6.61 Å². The predicted molar refractivity (Wildman–Crippen MR) is 105 cm³/mol. The molecule has 0 bridgehead atoms. The van der Waals surface area contributed by atoms with Crippen molar-refractivity contribution in [1.29, 1.82) is 0 Å². The summed E-state index contributed by atoms with van der Waals surface area (Å²) in [7, 11) is -4.51. The van der Waals surface area contributed by atoms with E-state index in [1.807, 2.05) is 12.1 Å². The van der Waals surface area contributed by atoms with E-state index in [2.05, 4.69) is 23.3 Å². The molecule has 1 aromatic rings. The first-order valence-electron chi connectivity index (χ1n) is 9.78. The van der Waals surface area contributed by atoms with Crippen LogP contribution in [0.25, 0.3) is 0 Å². The maximum absolute atomic E-state index is 10.8. The van der Waals surface area contributed by atoms with E-state index in [0.717, 1.165) is 12.2 Å². The highest BCUT2D eigenvalue weighted by Gasteiger charge is 2.25. The Morgan fingerprint density at radius 3 is 2.70 bits per heavy atom. The molecule has 7 heteroatoms. The van der Waals surface area contributed by atoms with E-state index >= 15 is 0 Å². The van der Waals surface area contributed by atoms with E-state index in [-0.39, 0.29) is 6.61 Å². The topological polar surface area (TPSA) is 106 Å². The molecule has 1 aromatic heterocycles. The fourth-order valence-electron chi connectivity index (χ4n) is 3.55. The van der Waals surface area contributed by atoms with Crippen LogP contribution in [0.3, 0.4) is 0 Å². The summed E-state index contributed by atoms with van der Waals surface area (Å²) in [6, 6.07) is 3.75. The van der Waals surface area contributed by atoms with Gasteiger partial charge in [0.1, 0.15) is 5.76 Å². The Hall–Kier alpha value is -1.09. The Bertz CT molecular complexity index is 691. The molecule has 4 N–H and O–H groups in total. The van der Waals surface area contributed by atoms with Crippen molar-refractivity contribution in [3.05, 3.63) is 23.7 Å². The van der Waals surface area contributed by atoms with Gasteiger partial charge in [-0.05, 0) is 56.6 Å². The first-order chi connectivity index (χ1) is 12.7. The highest BCUT2D eigenvalue weighted by molar-refractivity contribution is 7.46. The Morgan fingerprint density at radius 2 is 2.07 bits per heavy atom. The second-order valence-corrected chi connectivity index (χ2v) is 9.11. The van der Waals surface area contributed by atoms with Crippen LogP contribution in [-0.2, 0) is 15.5 Å². The number of nitrogens with two attached hydrogens (primary N) is 1. The van der Waals surface area contributed by atoms with Crippen LogP contribution >= 0.6 is 7.82 Å². The fourth-order valence-corrected chi connectivity index (χ4v) is 4.01. The van der Waals surface area contributed by atoms with Gasteiger partial charge in [-0.15, -0.1) is 0 Å². The zero-order valence-electron chi connectivity index (χ0n) is 16.3. The van der Waals surface area contributed by atoms with Gasteiger partial charge in [-0.2, -0.15) is 0 Å². The number of phosphoric acid groups is 1. The minimum Gasteiger partial charge on any atom is -0.453 e. The van der Waals surface area contributed by atoms with E-state index < -0.39 is 13.4 Å². The van der Waals surface area contributed by atoms with Crippen LogP contribution in [0.15, 0.2) is 16.5 Å². The summed E-state index contributed by atoms with van der Waals surface area (Å²) in [6.07, 6.45) is 8.64. The number of hydrogen-bond donors (Lipinski definition) is 3. The van der Waals surface area contributed by atoms with Crippen molar-refractivity contribution < 1.29 is 23.3 Å². The summed E-state index contributed by atoms with van der Waals surface area (Å²) in [5, 5.41) is 0. The third-order valence-corrected chi connectivity index (χ3v) is 5.67. The van der Waals surface area contributed by atoms with Gasteiger partial charge >= 0.3 is 7.82 Å². The molecule has 1 fully saturated rings. The molecule has 0 aliphatic heterocycles. The van der Waals surface area contributed by atoms with Crippen molar-refractivity contribution in [3.8, 4) is 11.8 Å². The zero-order valence-corrected chi connectivity index (χ0v) is 17.2. The van der Waals surface area contributed by atoms with Crippen molar-refractivity contribution in [1.82, 2.24) is 0 Å². The van der Waals surface area contributed by atoms with Crippen LogP contribution in [0.1, 0.15) is 70.3 Å². The average Bonchev–Trinajstić information content (AvgIpc) is 3.08. The van der Waals surface area contributed by atoms with Crippen LogP contribution in [0.5, 0.6) is 0 Å². The summed E-state index contributed by atoms with van der Waals surface area (Å²) >= 11 is 0. The van der Waals surface area contributed by atoms with E-state index in [0.29, 0.717) is 30.4 Å². The zero-order chi connectivity index (χ0) is 19.9. The van der Waals surface area contributed by atoms with Crippen LogP contribution in [0.4, 0.5) is 0 Å². The normalized spacial score (nSPS) is 19.1. The molecule has 1 heterocycles. The number of furan rings is 1. The minimum atomic E-state index is -4.51. The Labute approximate surface area is 162 Å². The molecule has 1 aliphatic carbocycles. The van der Waals surface area contributed by atoms with E-state index in [4.69, 9.17) is 19.9 Å². The van der Waals surface area contributed by atoms with Crippen LogP contribution in [0, 0.1) is 23.7 Å². The smallest absolute Gasteiger partial charge is 0.453 e.